The second-order valence-corrected chi connectivity index (χ2v) is 22.6. The van der Waals surface area contributed by atoms with Gasteiger partial charge in [0.1, 0.15) is 12.1 Å². The van der Waals surface area contributed by atoms with Crippen LogP contribution in [0.5, 0.6) is 0 Å². The molecule has 1 aromatic carbocycles. The second kappa shape index (κ2) is 19.7. The fraction of sp³-hybridized carbons (Fsp3) is 0.796. The van der Waals surface area contributed by atoms with Crippen molar-refractivity contribution in [3.05, 3.63) is 41.4 Å². The summed E-state index contributed by atoms with van der Waals surface area (Å²) in [5, 5.41) is 33.8. The number of aldehydes is 1. The fourth-order valence-corrected chi connectivity index (χ4v) is 13.0. The number of ether oxygens (including phenoxy) is 5. The molecule has 2 spiro atoms. The van der Waals surface area contributed by atoms with Gasteiger partial charge < -0.3 is 43.8 Å². The first-order chi connectivity index (χ1) is 30.0. The molecule has 13 nitrogen and oxygen atoms in total. The topological polar surface area (TPSA) is 187 Å². The van der Waals surface area contributed by atoms with E-state index in [0.29, 0.717) is 56.4 Å². The van der Waals surface area contributed by atoms with E-state index in [2.05, 4.69) is 18.6 Å². The van der Waals surface area contributed by atoms with Crippen LogP contribution in [0.25, 0.3) is 0 Å². The summed E-state index contributed by atoms with van der Waals surface area (Å²) in [7, 11) is -4.11. The smallest absolute Gasteiger partial charge is 0.241 e. The maximum absolute atomic E-state index is 14.8. The fourth-order valence-electron chi connectivity index (χ4n) is 11.6. The van der Waals surface area contributed by atoms with Crippen molar-refractivity contribution >= 4 is 33.7 Å². The lowest BCUT2D eigenvalue weighted by Crippen LogP contribution is -2.65. The van der Waals surface area contributed by atoms with Gasteiger partial charge in [0.25, 0.3) is 0 Å². The number of Topliss-reactive ketones (excluding diaryl/α,β-unsaturated/α-hetero) is 1. The molecule has 0 radical (unpaired) electrons. The number of rotatable bonds is 16. The highest BCUT2D eigenvalue weighted by atomic mass is 35.5. The molecule has 1 unspecified atom stereocenters. The van der Waals surface area contributed by atoms with E-state index in [1.165, 1.54) is 24.3 Å². The number of hydrogen-bond donors (Lipinski definition) is 4. The van der Waals surface area contributed by atoms with Crippen LogP contribution in [0.1, 0.15) is 133 Å². The van der Waals surface area contributed by atoms with E-state index in [-0.39, 0.29) is 41.5 Å². The Hall–Kier alpha value is -1.82. The number of benzene rings is 1. The maximum Gasteiger partial charge on any atom is 0.241 e. The number of nitrogens with one attached hydrogen (secondary N) is 1. The van der Waals surface area contributed by atoms with Crippen LogP contribution in [-0.4, -0.2) is 108 Å². The van der Waals surface area contributed by atoms with Gasteiger partial charge in [-0.15, -0.1) is 0 Å². The summed E-state index contributed by atoms with van der Waals surface area (Å²) >= 11 is 6.12. The van der Waals surface area contributed by atoms with Crippen molar-refractivity contribution in [3.8, 4) is 0 Å². The SMILES string of the molecule is CCC(C(=O)[C@@H](C)[C@@H](O)[C@H](C)[C@@H]1O[C@@H]([C@](C=O)(CC)CO)CC[C@@H]1C)[C@H]1O[C@]2(C=C[C@@H](NS(=O)(=O)c3ccc(Cl)cc3)[C@]3(CC[C@@](C)([C@H]4CC[C@](O)(CC)[C@H](C)O4)O3)O2)[C@H](C)C[C@@H]1C. The molecule has 5 aliphatic heterocycles. The zero-order chi connectivity index (χ0) is 47.2. The summed E-state index contributed by atoms with van der Waals surface area (Å²) in [6, 6.07) is 4.94. The Bertz CT molecular complexity index is 1930. The third-order valence-corrected chi connectivity index (χ3v) is 18.2. The van der Waals surface area contributed by atoms with E-state index >= 15 is 0 Å². The molecule has 0 aromatic heterocycles. The minimum atomic E-state index is -4.11. The Morgan fingerprint density at radius 1 is 0.984 bits per heavy atom. The van der Waals surface area contributed by atoms with Crippen molar-refractivity contribution in [2.24, 2.45) is 40.9 Å². The Labute approximate surface area is 386 Å². The minimum absolute atomic E-state index is 0.0282. The van der Waals surface area contributed by atoms with Crippen LogP contribution in [0.2, 0.25) is 5.02 Å². The molecule has 4 saturated heterocycles. The van der Waals surface area contributed by atoms with Gasteiger partial charge in [0.05, 0.1) is 70.8 Å². The van der Waals surface area contributed by atoms with Crippen LogP contribution in [0, 0.1) is 40.9 Å². The number of carbonyl (C=O) groups is 2. The van der Waals surface area contributed by atoms with Gasteiger partial charge in [-0.25, -0.2) is 8.42 Å². The molecule has 0 saturated carbocycles. The monoisotopic (exact) mass is 937 g/mol. The number of aliphatic hydroxyl groups excluding tert-OH is 2. The van der Waals surface area contributed by atoms with Crippen LogP contribution < -0.4 is 4.72 Å². The molecule has 362 valence electrons. The summed E-state index contributed by atoms with van der Waals surface area (Å²) in [5.74, 6) is -5.23. The minimum Gasteiger partial charge on any atom is -0.395 e. The van der Waals surface area contributed by atoms with Crippen molar-refractivity contribution in [2.75, 3.05) is 6.61 Å². The molecule has 0 amide bonds. The Balaban J connectivity index is 1.28. The second-order valence-electron chi connectivity index (χ2n) is 20.5. The van der Waals surface area contributed by atoms with Gasteiger partial charge >= 0.3 is 0 Å². The molecule has 1 aromatic rings. The highest BCUT2D eigenvalue weighted by Crippen LogP contribution is 2.54. The van der Waals surface area contributed by atoms with Crippen molar-refractivity contribution < 1.29 is 57.0 Å². The third-order valence-electron chi connectivity index (χ3n) is 16.5. The van der Waals surface area contributed by atoms with Crippen LogP contribution in [0.3, 0.4) is 0 Å². The van der Waals surface area contributed by atoms with E-state index in [0.717, 1.165) is 12.7 Å². The van der Waals surface area contributed by atoms with Crippen LogP contribution >= 0.6 is 11.6 Å². The normalized spacial score (nSPS) is 41.0. The van der Waals surface area contributed by atoms with Crippen molar-refractivity contribution in [2.45, 2.75) is 204 Å². The standard InChI is InChI=1S/C49H76ClNO12S/c1-11-37(42(55)32(7)41(54)33(8)43-29(4)14-19-40(60-43)46(12-2,27-52)28-53)44-30(5)26-31(6)48(61-44)23-20-38(51-64(57,58)36-17-15-35(50)16-18-36)49(63-48)25-24-45(10,62-49)39-21-22-47(56,13-3)34(9)59-39/h15-18,20,23,27,29-34,37-41,43-44,51,53-54,56H,11-14,19,21-22,24-26,28H2,1-10H3/t29-,30-,31+,32-,33-,34-,37?,38+,39+,40+,41+,43+,44-,45-,46-,47+,48-,49-/m0/s1. The van der Waals surface area contributed by atoms with Gasteiger partial charge in [-0.1, -0.05) is 73.1 Å². The molecular weight excluding hydrogens is 862 g/mol. The first kappa shape index (κ1) is 51.6. The number of hydrogen-bond acceptors (Lipinski definition) is 12. The summed E-state index contributed by atoms with van der Waals surface area (Å²) in [5.41, 5.74) is -2.91. The van der Waals surface area contributed by atoms with E-state index in [4.69, 9.17) is 35.3 Å². The van der Waals surface area contributed by atoms with Gasteiger partial charge in [-0.05, 0) is 114 Å². The Morgan fingerprint density at radius 2 is 1.67 bits per heavy atom. The lowest BCUT2D eigenvalue weighted by Gasteiger charge is -2.55. The molecule has 64 heavy (non-hydrogen) atoms. The zero-order valence-corrected chi connectivity index (χ0v) is 41.2. The number of ketones is 1. The lowest BCUT2D eigenvalue weighted by molar-refractivity contribution is -0.397. The van der Waals surface area contributed by atoms with E-state index < -0.39 is 98.6 Å². The molecule has 0 aliphatic carbocycles. The van der Waals surface area contributed by atoms with Gasteiger partial charge in [-0.2, -0.15) is 4.72 Å². The van der Waals surface area contributed by atoms with Crippen LogP contribution in [0.15, 0.2) is 41.3 Å². The highest BCUT2D eigenvalue weighted by Gasteiger charge is 2.64. The molecular formula is C49H76ClNO12S. The summed E-state index contributed by atoms with van der Waals surface area (Å²) in [6.07, 6.45) is 6.05. The van der Waals surface area contributed by atoms with E-state index in [1.807, 2.05) is 48.5 Å². The first-order valence-corrected chi connectivity index (χ1v) is 25.8. The predicted octanol–water partition coefficient (Wildman–Crippen LogP) is 7.30. The van der Waals surface area contributed by atoms with Crippen molar-refractivity contribution in [1.82, 2.24) is 4.72 Å². The number of sulfonamides is 1. The number of aliphatic hydroxyl groups is 3. The van der Waals surface area contributed by atoms with Crippen molar-refractivity contribution in [1.29, 1.82) is 0 Å². The molecule has 4 fully saturated rings. The van der Waals surface area contributed by atoms with Gasteiger partial charge in [0.2, 0.25) is 10.0 Å². The van der Waals surface area contributed by atoms with E-state index in [1.54, 1.807) is 19.1 Å². The molecule has 5 aliphatic rings. The molecule has 0 bridgehead atoms. The molecule has 5 heterocycles. The summed E-state index contributed by atoms with van der Waals surface area (Å²) < 4.78 is 65.4. The number of halogens is 1. The largest absolute Gasteiger partial charge is 0.395 e. The number of carbonyl (C=O) groups excluding carboxylic acids is 2. The molecule has 6 rings (SSSR count). The average molecular weight is 939 g/mol. The van der Waals surface area contributed by atoms with Gasteiger partial charge in [-0.3, -0.25) is 4.79 Å². The summed E-state index contributed by atoms with van der Waals surface area (Å²) in [6.45, 7) is 19.0. The van der Waals surface area contributed by atoms with Gasteiger partial charge in [0.15, 0.2) is 11.6 Å². The molecule has 18 atom stereocenters. The van der Waals surface area contributed by atoms with Crippen LogP contribution in [-0.2, 0) is 43.3 Å². The Morgan fingerprint density at radius 3 is 2.27 bits per heavy atom. The van der Waals surface area contributed by atoms with Crippen molar-refractivity contribution in [3.63, 3.8) is 0 Å². The lowest BCUT2D eigenvalue weighted by atomic mass is 9.71. The molecule has 15 heteroatoms. The highest BCUT2D eigenvalue weighted by molar-refractivity contribution is 7.89. The first-order valence-electron chi connectivity index (χ1n) is 23.9. The molecule has 4 N–H and O–H groups in total. The maximum atomic E-state index is 14.8. The zero-order valence-electron chi connectivity index (χ0n) is 39.6. The van der Waals surface area contributed by atoms with Crippen LogP contribution in [0.4, 0.5) is 0 Å². The average Bonchev–Trinajstić information content (AvgIpc) is 3.62. The van der Waals surface area contributed by atoms with E-state index in [9.17, 15) is 33.3 Å². The predicted molar refractivity (Wildman–Crippen MR) is 243 cm³/mol. The van der Waals surface area contributed by atoms with Gasteiger partial charge in [0, 0.05) is 35.1 Å². The summed E-state index contributed by atoms with van der Waals surface area (Å²) in [4.78, 5) is 27.0. The Kier molecular flexibility index (Phi) is 15.8. The quantitative estimate of drug-likeness (QED) is 0.0959. The third kappa shape index (κ3) is 9.60.